The van der Waals surface area contributed by atoms with E-state index in [4.69, 9.17) is 15.4 Å². The molecule has 0 aromatic heterocycles. The van der Waals surface area contributed by atoms with Gasteiger partial charge in [-0.3, -0.25) is 14.9 Å². The van der Waals surface area contributed by atoms with E-state index in [1.165, 1.54) is 26.0 Å². The molecule has 1 aromatic rings. The number of aryl methyl sites for hydroxylation is 1. The summed E-state index contributed by atoms with van der Waals surface area (Å²) in [5.41, 5.74) is -0.0488. The summed E-state index contributed by atoms with van der Waals surface area (Å²) in [6, 6.07) is 5.45. The molecular formula is C14H13N3O5. The number of ketones is 1. The summed E-state index contributed by atoms with van der Waals surface area (Å²) in [5, 5.41) is 26.8. The van der Waals surface area contributed by atoms with E-state index in [0.29, 0.717) is 5.56 Å². The van der Waals surface area contributed by atoms with Gasteiger partial charge >= 0.3 is 5.97 Å². The van der Waals surface area contributed by atoms with Crippen molar-refractivity contribution in [1.29, 1.82) is 10.7 Å². The molecule has 0 amide bonds. The Bertz CT molecular complexity index is 690. The Hall–Kier alpha value is -3.08. The van der Waals surface area contributed by atoms with Crippen LogP contribution in [0.5, 0.6) is 0 Å². The van der Waals surface area contributed by atoms with Gasteiger partial charge in [0.25, 0.3) is 5.69 Å². The summed E-state index contributed by atoms with van der Waals surface area (Å²) in [7, 11) is 0. The Kier molecular flexibility index (Phi) is 5.46. The minimum Gasteiger partial charge on any atom is -0.454 e. The smallest absolute Gasteiger partial charge is 0.338 e. The number of nitro benzene ring substituents is 1. The Balaban J connectivity index is 2.81. The molecule has 1 N–H and O–H groups in total. The molecule has 22 heavy (non-hydrogen) atoms. The predicted molar refractivity (Wildman–Crippen MR) is 75.6 cm³/mol. The quantitative estimate of drug-likeness (QED) is 0.368. The molecular weight excluding hydrogens is 290 g/mol. The standard InChI is InChI=1S/C14H13N3O5/c1-8-3-4-10(5-12(8)17(20)21)14(19)22-7-13(18)11(6-15)9(2)16/h3-5,11,16H,7H2,1-2H3/t11-/m1/s1. The predicted octanol–water partition coefficient (Wildman–Crippen LogP) is 1.81. The molecule has 8 nitrogen and oxygen atoms in total. The van der Waals surface area contributed by atoms with E-state index in [1.54, 1.807) is 6.07 Å². The molecule has 0 radical (unpaired) electrons. The number of nitrogens with one attached hydrogen (secondary N) is 1. The number of hydrogen-bond donors (Lipinski definition) is 1. The molecule has 0 fully saturated rings. The molecule has 0 spiro atoms. The third-order valence-electron chi connectivity index (χ3n) is 2.87. The first-order valence-electron chi connectivity index (χ1n) is 6.17. The number of Topliss-reactive ketones (excluding diaryl/α,β-unsaturated/α-hetero) is 1. The maximum Gasteiger partial charge on any atom is 0.338 e. The first-order valence-corrected chi connectivity index (χ1v) is 6.17. The van der Waals surface area contributed by atoms with Crippen molar-refractivity contribution in [2.45, 2.75) is 13.8 Å². The Morgan fingerprint density at radius 2 is 2.14 bits per heavy atom. The van der Waals surface area contributed by atoms with Crippen LogP contribution in [0.4, 0.5) is 5.69 Å². The molecule has 1 aromatic carbocycles. The SMILES string of the molecule is CC(=N)[C@@H](C#N)C(=O)COC(=O)c1ccc(C)c([N+](=O)[O-])c1. The minimum absolute atomic E-state index is 0.0646. The molecule has 0 unspecified atom stereocenters. The van der Waals surface area contributed by atoms with E-state index in [9.17, 15) is 19.7 Å². The number of carbonyl (C=O) groups excluding carboxylic acids is 2. The van der Waals surface area contributed by atoms with Crippen molar-refractivity contribution in [2.75, 3.05) is 6.61 Å². The monoisotopic (exact) mass is 303 g/mol. The summed E-state index contributed by atoms with van der Waals surface area (Å²) in [4.78, 5) is 33.6. The van der Waals surface area contributed by atoms with Crippen molar-refractivity contribution in [1.82, 2.24) is 0 Å². The third-order valence-corrected chi connectivity index (χ3v) is 2.87. The molecule has 0 heterocycles. The van der Waals surface area contributed by atoms with Gasteiger partial charge in [0.1, 0.15) is 5.92 Å². The van der Waals surface area contributed by atoms with Crippen LogP contribution in [0.2, 0.25) is 0 Å². The molecule has 0 bridgehead atoms. The summed E-state index contributed by atoms with van der Waals surface area (Å²) >= 11 is 0. The van der Waals surface area contributed by atoms with E-state index in [2.05, 4.69) is 0 Å². The first-order chi connectivity index (χ1) is 10.3. The highest BCUT2D eigenvalue weighted by Gasteiger charge is 2.22. The van der Waals surface area contributed by atoms with Gasteiger partial charge in [-0.15, -0.1) is 0 Å². The molecule has 1 atom stereocenters. The average Bonchev–Trinajstić information content (AvgIpc) is 2.45. The van der Waals surface area contributed by atoms with Crippen LogP contribution >= 0.6 is 0 Å². The van der Waals surface area contributed by atoms with E-state index in [0.717, 1.165) is 6.07 Å². The maximum absolute atomic E-state index is 11.8. The number of nitriles is 1. The molecule has 0 saturated heterocycles. The second-order valence-corrected chi connectivity index (χ2v) is 4.55. The Morgan fingerprint density at radius 3 is 2.64 bits per heavy atom. The maximum atomic E-state index is 11.8. The molecule has 0 aliphatic carbocycles. The average molecular weight is 303 g/mol. The fourth-order valence-electron chi connectivity index (χ4n) is 1.65. The lowest BCUT2D eigenvalue weighted by atomic mass is 10.0. The van der Waals surface area contributed by atoms with Gasteiger partial charge in [-0.05, 0) is 19.9 Å². The summed E-state index contributed by atoms with van der Waals surface area (Å²) in [6.07, 6.45) is 0. The fourth-order valence-corrected chi connectivity index (χ4v) is 1.65. The van der Waals surface area contributed by atoms with Gasteiger partial charge in [0.2, 0.25) is 0 Å². The van der Waals surface area contributed by atoms with Crippen molar-refractivity contribution < 1.29 is 19.2 Å². The van der Waals surface area contributed by atoms with Gasteiger partial charge < -0.3 is 10.1 Å². The zero-order valence-corrected chi connectivity index (χ0v) is 12.0. The number of benzene rings is 1. The van der Waals surface area contributed by atoms with Crippen molar-refractivity contribution in [2.24, 2.45) is 5.92 Å². The van der Waals surface area contributed by atoms with Crippen LogP contribution in [-0.4, -0.2) is 29.0 Å². The second-order valence-electron chi connectivity index (χ2n) is 4.55. The van der Waals surface area contributed by atoms with E-state index in [1.807, 2.05) is 0 Å². The normalized spacial score (nSPS) is 11.1. The fraction of sp³-hybridized carbons (Fsp3) is 0.286. The first kappa shape index (κ1) is 17.0. The molecule has 0 aliphatic rings. The highest BCUT2D eigenvalue weighted by atomic mass is 16.6. The van der Waals surface area contributed by atoms with Crippen molar-refractivity contribution >= 4 is 23.2 Å². The number of nitrogens with zero attached hydrogens (tertiary/aromatic N) is 2. The largest absolute Gasteiger partial charge is 0.454 e. The highest BCUT2D eigenvalue weighted by Crippen LogP contribution is 2.19. The van der Waals surface area contributed by atoms with Gasteiger partial charge in [-0.2, -0.15) is 5.26 Å². The lowest BCUT2D eigenvalue weighted by Crippen LogP contribution is -2.25. The number of esters is 1. The van der Waals surface area contributed by atoms with Crippen LogP contribution in [0.3, 0.4) is 0 Å². The number of nitro groups is 1. The third kappa shape index (κ3) is 3.96. The molecule has 8 heteroatoms. The molecule has 114 valence electrons. The van der Waals surface area contributed by atoms with Gasteiger partial charge in [0.15, 0.2) is 12.4 Å². The van der Waals surface area contributed by atoms with Crippen LogP contribution in [-0.2, 0) is 9.53 Å². The number of rotatable bonds is 6. The van der Waals surface area contributed by atoms with Crippen LogP contribution in [0, 0.1) is 39.7 Å². The molecule has 0 saturated carbocycles. The van der Waals surface area contributed by atoms with E-state index in [-0.39, 0.29) is 17.0 Å². The van der Waals surface area contributed by atoms with Gasteiger partial charge in [0.05, 0.1) is 16.6 Å². The van der Waals surface area contributed by atoms with Crippen LogP contribution in [0.15, 0.2) is 18.2 Å². The number of carbonyl (C=O) groups is 2. The lowest BCUT2D eigenvalue weighted by Gasteiger charge is -2.08. The van der Waals surface area contributed by atoms with Crippen LogP contribution in [0.1, 0.15) is 22.8 Å². The zero-order chi connectivity index (χ0) is 16.9. The van der Waals surface area contributed by atoms with E-state index < -0.39 is 29.2 Å². The van der Waals surface area contributed by atoms with Crippen molar-refractivity contribution in [3.8, 4) is 6.07 Å². The molecule has 1 rings (SSSR count). The summed E-state index contributed by atoms with van der Waals surface area (Å²) in [5.74, 6) is -2.89. The number of hydrogen-bond acceptors (Lipinski definition) is 7. The number of ether oxygens (including phenoxy) is 1. The van der Waals surface area contributed by atoms with Crippen molar-refractivity contribution in [3.63, 3.8) is 0 Å². The Morgan fingerprint density at radius 1 is 1.50 bits per heavy atom. The van der Waals surface area contributed by atoms with Gasteiger partial charge in [-0.1, -0.05) is 6.07 Å². The van der Waals surface area contributed by atoms with E-state index >= 15 is 0 Å². The summed E-state index contributed by atoms with van der Waals surface area (Å²) in [6.45, 7) is 2.16. The second kappa shape index (κ2) is 7.08. The summed E-state index contributed by atoms with van der Waals surface area (Å²) < 4.78 is 4.74. The zero-order valence-electron chi connectivity index (χ0n) is 12.0. The van der Waals surface area contributed by atoms with Crippen molar-refractivity contribution in [3.05, 3.63) is 39.4 Å². The topological polar surface area (TPSA) is 134 Å². The lowest BCUT2D eigenvalue weighted by molar-refractivity contribution is -0.385. The van der Waals surface area contributed by atoms with Crippen LogP contribution < -0.4 is 0 Å². The van der Waals surface area contributed by atoms with Crippen LogP contribution in [0.25, 0.3) is 0 Å². The molecule has 0 aliphatic heterocycles. The van der Waals surface area contributed by atoms with Gasteiger partial charge in [-0.25, -0.2) is 4.79 Å². The minimum atomic E-state index is -1.26. The Labute approximate surface area is 126 Å². The highest BCUT2D eigenvalue weighted by molar-refractivity contribution is 6.06. The van der Waals surface area contributed by atoms with Gasteiger partial charge in [0, 0.05) is 17.3 Å².